The van der Waals surface area contributed by atoms with E-state index in [1.165, 1.54) is 12.1 Å². The third-order valence-electron chi connectivity index (χ3n) is 2.33. The van der Waals surface area contributed by atoms with Crippen molar-refractivity contribution >= 4 is 5.97 Å². The molecule has 0 aliphatic heterocycles. The number of rotatable bonds is 4. The second-order valence-corrected chi connectivity index (χ2v) is 3.72. The molecule has 0 heterocycles. The molecule has 1 atom stereocenters. The van der Waals surface area contributed by atoms with Gasteiger partial charge in [-0.05, 0) is 20.2 Å². The van der Waals surface area contributed by atoms with Crippen molar-refractivity contribution in [3.8, 4) is 0 Å². The second kappa shape index (κ2) is 5.03. The SMILES string of the molecule is CN(C)C(CC(=O)O)c1cccc(F)c1F. The number of hydrogen-bond acceptors (Lipinski definition) is 2. The molecule has 1 unspecified atom stereocenters. The molecule has 0 bridgehead atoms. The highest BCUT2D eigenvalue weighted by molar-refractivity contribution is 5.68. The Morgan fingerprint density at radius 1 is 1.44 bits per heavy atom. The maximum Gasteiger partial charge on any atom is 0.305 e. The number of aliphatic carboxylic acids is 1. The van der Waals surface area contributed by atoms with Crippen LogP contribution in [0, 0.1) is 11.6 Å². The molecule has 88 valence electrons. The van der Waals surface area contributed by atoms with Crippen molar-refractivity contribution in [3.05, 3.63) is 35.4 Å². The Balaban J connectivity index is 3.10. The normalized spacial score (nSPS) is 12.8. The van der Waals surface area contributed by atoms with Crippen LogP contribution in [0.5, 0.6) is 0 Å². The van der Waals surface area contributed by atoms with E-state index < -0.39 is 23.6 Å². The first kappa shape index (κ1) is 12.6. The maximum atomic E-state index is 13.5. The van der Waals surface area contributed by atoms with Gasteiger partial charge in [0.15, 0.2) is 11.6 Å². The van der Waals surface area contributed by atoms with Crippen molar-refractivity contribution in [3.63, 3.8) is 0 Å². The molecular formula is C11H13F2NO2. The molecule has 0 saturated heterocycles. The molecule has 3 nitrogen and oxygen atoms in total. The van der Waals surface area contributed by atoms with Crippen LogP contribution in [-0.2, 0) is 4.79 Å². The van der Waals surface area contributed by atoms with Crippen molar-refractivity contribution in [1.82, 2.24) is 4.90 Å². The van der Waals surface area contributed by atoms with E-state index in [1.54, 1.807) is 19.0 Å². The summed E-state index contributed by atoms with van der Waals surface area (Å²) in [6.45, 7) is 0. The predicted molar refractivity (Wildman–Crippen MR) is 55.0 cm³/mol. The number of hydrogen-bond donors (Lipinski definition) is 1. The van der Waals surface area contributed by atoms with Crippen molar-refractivity contribution in [2.24, 2.45) is 0 Å². The quantitative estimate of drug-likeness (QED) is 0.858. The lowest BCUT2D eigenvalue weighted by Gasteiger charge is -2.23. The third kappa shape index (κ3) is 2.76. The minimum atomic E-state index is -1.05. The minimum absolute atomic E-state index is 0.0624. The Bertz CT molecular complexity index is 394. The van der Waals surface area contributed by atoms with E-state index in [1.807, 2.05) is 0 Å². The van der Waals surface area contributed by atoms with Crippen molar-refractivity contribution < 1.29 is 18.7 Å². The zero-order valence-electron chi connectivity index (χ0n) is 9.08. The molecule has 0 amide bonds. The highest BCUT2D eigenvalue weighted by Crippen LogP contribution is 2.25. The molecule has 1 aromatic carbocycles. The van der Waals surface area contributed by atoms with E-state index >= 15 is 0 Å². The highest BCUT2D eigenvalue weighted by atomic mass is 19.2. The first-order valence-corrected chi connectivity index (χ1v) is 4.75. The molecular weight excluding hydrogens is 216 g/mol. The van der Waals surface area contributed by atoms with Crippen LogP contribution in [0.4, 0.5) is 8.78 Å². The number of carboxylic acid groups (broad SMARTS) is 1. The van der Waals surface area contributed by atoms with E-state index in [9.17, 15) is 13.6 Å². The van der Waals surface area contributed by atoms with Gasteiger partial charge in [-0.15, -0.1) is 0 Å². The zero-order chi connectivity index (χ0) is 12.3. The fourth-order valence-corrected chi connectivity index (χ4v) is 1.51. The standard InChI is InChI=1S/C11H13F2NO2/c1-14(2)9(6-10(15)16)7-4-3-5-8(12)11(7)13/h3-5,9H,6H2,1-2H3,(H,15,16). The largest absolute Gasteiger partial charge is 0.481 e. The maximum absolute atomic E-state index is 13.5. The Hall–Kier alpha value is -1.49. The van der Waals surface area contributed by atoms with Crippen LogP contribution in [0.3, 0.4) is 0 Å². The molecule has 0 spiro atoms. The smallest absolute Gasteiger partial charge is 0.305 e. The van der Waals surface area contributed by atoms with E-state index in [0.29, 0.717) is 0 Å². The summed E-state index contributed by atoms with van der Waals surface area (Å²) in [4.78, 5) is 12.2. The summed E-state index contributed by atoms with van der Waals surface area (Å²) < 4.78 is 26.5. The van der Waals surface area contributed by atoms with Crippen LogP contribution in [0.2, 0.25) is 0 Å². The molecule has 5 heteroatoms. The van der Waals surface area contributed by atoms with Gasteiger partial charge in [-0.3, -0.25) is 4.79 Å². The average Bonchev–Trinajstić information content (AvgIpc) is 2.18. The van der Waals surface area contributed by atoms with Gasteiger partial charge in [-0.1, -0.05) is 12.1 Å². The molecule has 0 fully saturated rings. The first-order valence-electron chi connectivity index (χ1n) is 4.75. The fourth-order valence-electron chi connectivity index (χ4n) is 1.51. The highest BCUT2D eigenvalue weighted by Gasteiger charge is 2.22. The van der Waals surface area contributed by atoms with Crippen molar-refractivity contribution in [2.45, 2.75) is 12.5 Å². The summed E-state index contributed by atoms with van der Waals surface area (Å²) in [6.07, 6.45) is -0.270. The Kier molecular flexibility index (Phi) is 3.95. The molecule has 0 aromatic heterocycles. The molecule has 0 radical (unpaired) electrons. The van der Waals surface area contributed by atoms with Gasteiger partial charge in [0.25, 0.3) is 0 Å². The Morgan fingerprint density at radius 3 is 2.56 bits per heavy atom. The van der Waals surface area contributed by atoms with Gasteiger partial charge in [-0.2, -0.15) is 0 Å². The Labute approximate surface area is 92.3 Å². The number of carbonyl (C=O) groups is 1. The molecule has 1 aromatic rings. The molecule has 0 aliphatic rings. The molecule has 0 aliphatic carbocycles. The summed E-state index contributed by atoms with van der Waals surface area (Å²) in [5, 5.41) is 8.71. The van der Waals surface area contributed by atoms with Gasteiger partial charge in [0.2, 0.25) is 0 Å². The fraction of sp³-hybridized carbons (Fsp3) is 0.364. The van der Waals surface area contributed by atoms with E-state index in [-0.39, 0.29) is 12.0 Å². The summed E-state index contributed by atoms with van der Waals surface area (Å²) in [5.74, 6) is -3.00. The van der Waals surface area contributed by atoms with Crippen LogP contribution in [-0.4, -0.2) is 30.1 Å². The number of nitrogens with zero attached hydrogens (tertiary/aromatic N) is 1. The first-order chi connectivity index (χ1) is 7.43. The van der Waals surface area contributed by atoms with Crippen LogP contribution < -0.4 is 0 Å². The van der Waals surface area contributed by atoms with Crippen LogP contribution >= 0.6 is 0 Å². The zero-order valence-corrected chi connectivity index (χ0v) is 9.08. The number of carboxylic acids is 1. The van der Waals surface area contributed by atoms with Gasteiger partial charge in [0, 0.05) is 11.6 Å². The van der Waals surface area contributed by atoms with Gasteiger partial charge >= 0.3 is 5.97 Å². The topological polar surface area (TPSA) is 40.5 Å². The Morgan fingerprint density at radius 2 is 2.06 bits per heavy atom. The van der Waals surface area contributed by atoms with Gasteiger partial charge in [-0.25, -0.2) is 8.78 Å². The number of benzene rings is 1. The molecule has 16 heavy (non-hydrogen) atoms. The molecule has 1 N–H and O–H groups in total. The lowest BCUT2D eigenvalue weighted by Crippen LogP contribution is -2.24. The lowest BCUT2D eigenvalue weighted by atomic mass is 10.0. The molecule has 0 saturated carbocycles. The summed E-state index contributed by atoms with van der Waals surface area (Å²) in [5.41, 5.74) is 0.0624. The summed E-state index contributed by atoms with van der Waals surface area (Å²) >= 11 is 0. The van der Waals surface area contributed by atoms with Gasteiger partial charge in [0.1, 0.15) is 0 Å². The van der Waals surface area contributed by atoms with Crippen molar-refractivity contribution in [1.29, 1.82) is 0 Å². The number of halogens is 2. The monoisotopic (exact) mass is 229 g/mol. The summed E-state index contributed by atoms with van der Waals surface area (Å²) in [7, 11) is 3.25. The predicted octanol–water partition coefficient (Wildman–Crippen LogP) is 2.04. The van der Waals surface area contributed by atoms with Gasteiger partial charge < -0.3 is 10.0 Å². The second-order valence-electron chi connectivity index (χ2n) is 3.72. The van der Waals surface area contributed by atoms with Crippen LogP contribution in [0.1, 0.15) is 18.0 Å². The molecule has 1 rings (SSSR count). The summed E-state index contributed by atoms with van der Waals surface area (Å²) in [6, 6.07) is 3.10. The average molecular weight is 229 g/mol. The van der Waals surface area contributed by atoms with E-state index in [2.05, 4.69) is 0 Å². The van der Waals surface area contributed by atoms with Gasteiger partial charge in [0.05, 0.1) is 6.42 Å². The lowest BCUT2D eigenvalue weighted by molar-refractivity contribution is -0.138. The van der Waals surface area contributed by atoms with E-state index in [0.717, 1.165) is 6.07 Å². The van der Waals surface area contributed by atoms with Crippen molar-refractivity contribution in [2.75, 3.05) is 14.1 Å². The third-order valence-corrected chi connectivity index (χ3v) is 2.33. The van der Waals surface area contributed by atoms with Crippen LogP contribution in [0.25, 0.3) is 0 Å². The minimum Gasteiger partial charge on any atom is -0.481 e. The van der Waals surface area contributed by atoms with Crippen LogP contribution in [0.15, 0.2) is 18.2 Å². The van der Waals surface area contributed by atoms with E-state index in [4.69, 9.17) is 5.11 Å².